The Labute approximate surface area is 233 Å². The zero-order valence-electron chi connectivity index (χ0n) is 21.8. The zero-order chi connectivity index (χ0) is 28.9. The van der Waals surface area contributed by atoms with E-state index in [4.69, 9.17) is 0 Å². The number of benzene rings is 4. The largest absolute Gasteiger partial charge is 0.478 e. The highest BCUT2D eigenvalue weighted by molar-refractivity contribution is 5.96. The standard InChI is InChI=1S/C34H25F3O4/c35-34(36,37)24-10-5-20(6-11-24)21-7-13-26-23(18-21)9-15-27-25-12-4-19(16-22(25)8-14-28(26)27)17-31-29(32(38)39)2-1-3-30(31)33(40)41/h1-6,8-12,15-16,18,21H,7,13-14,17H2,(H,38,39)(H,40,41). The van der Waals surface area contributed by atoms with Gasteiger partial charge in [-0.1, -0.05) is 60.7 Å². The fraction of sp³-hybridized carbons (Fsp3) is 0.176. The van der Waals surface area contributed by atoms with Crippen molar-refractivity contribution in [2.75, 3.05) is 0 Å². The van der Waals surface area contributed by atoms with E-state index in [2.05, 4.69) is 24.3 Å². The molecule has 6 rings (SSSR count). The lowest BCUT2D eigenvalue weighted by atomic mass is 9.82. The van der Waals surface area contributed by atoms with Crippen LogP contribution in [0.1, 0.15) is 66.4 Å². The monoisotopic (exact) mass is 554 g/mol. The molecule has 4 aromatic rings. The SMILES string of the molecule is O=C(O)c1cccc(C(=O)O)c1Cc1ccc2c(c1)=CCc1c3c(ccc1=2)=CC(c1ccc(C(F)(F)F)cc1)CC3. The molecule has 0 fully saturated rings. The molecule has 0 amide bonds. The fourth-order valence-corrected chi connectivity index (χ4v) is 6.16. The van der Waals surface area contributed by atoms with Crippen molar-refractivity contribution in [2.24, 2.45) is 0 Å². The molecule has 0 spiro atoms. The molecule has 0 bridgehead atoms. The van der Waals surface area contributed by atoms with E-state index in [0.717, 1.165) is 63.4 Å². The van der Waals surface area contributed by atoms with Gasteiger partial charge in [0.2, 0.25) is 0 Å². The summed E-state index contributed by atoms with van der Waals surface area (Å²) in [7, 11) is 0. The highest BCUT2D eigenvalue weighted by Gasteiger charge is 2.30. The van der Waals surface area contributed by atoms with Crippen LogP contribution >= 0.6 is 0 Å². The molecule has 4 aromatic carbocycles. The first-order valence-corrected chi connectivity index (χ1v) is 13.3. The number of carboxylic acids is 2. The minimum atomic E-state index is -4.35. The Morgan fingerprint density at radius 3 is 2.15 bits per heavy atom. The lowest BCUT2D eigenvalue weighted by Crippen LogP contribution is -2.22. The third kappa shape index (κ3) is 4.92. The number of carbonyl (C=O) groups is 2. The lowest BCUT2D eigenvalue weighted by Gasteiger charge is -2.22. The van der Waals surface area contributed by atoms with Gasteiger partial charge in [0.05, 0.1) is 16.7 Å². The van der Waals surface area contributed by atoms with Gasteiger partial charge in [-0.25, -0.2) is 9.59 Å². The Kier molecular flexibility index (Phi) is 6.53. The Hall–Kier alpha value is -4.65. The number of halogens is 3. The molecule has 4 nitrogen and oxygen atoms in total. The van der Waals surface area contributed by atoms with Gasteiger partial charge in [0.1, 0.15) is 0 Å². The van der Waals surface area contributed by atoms with Crippen molar-refractivity contribution < 1.29 is 33.0 Å². The second-order valence-corrected chi connectivity index (χ2v) is 10.5. The van der Waals surface area contributed by atoms with Crippen molar-refractivity contribution in [3.05, 3.63) is 138 Å². The van der Waals surface area contributed by atoms with Crippen LogP contribution in [0.25, 0.3) is 12.2 Å². The van der Waals surface area contributed by atoms with Gasteiger partial charge < -0.3 is 10.2 Å². The normalized spacial score (nSPS) is 15.5. The second-order valence-electron chi connectivity index (χ2n) is 10.5. The van der Waals surface area contributed by atoms with E-state index in [1.165, 1.54) is 29.3 Å². The van der Waals surface area contributed by atoms with E-state index in [-0.39, 0.29) is 29.0 Å². The number of aromatic carboxylic acids is 2. The molecule has 1 atom stereocenters. The summed E-state index contributed by atoms with van der Waals surface area (Å²) in [4.78, 5) is 23.6. The molecule has 2 aliphatic carbocycles. The van der Waals surface area contributed by atoms with Crippen molar-refractivity contribution >= 4 is 24.1 Å². The molecular weight excluding hydrogens is 529 g/mol. The smallest absolute Gasteiger partial charge is 0.416 e. The van der Waals surface area contributed by atoms with E-state index in [1.54, 1.807) is 12.1 Å². The van der Waals surface area contributed by atoms with Gasteiger partial charge >= 0.3 is 18.1 Å². The fourth-order valence-electron chi connectivity index (χ4n) is 6.16. The van der Waals surface area contributed by atoms with E-state index >= 15 is 0 Å². The zero-order valence-corrected chi connectivity index (χ0v) is 21.8. The number of hydrogen-bond acceptors (Lipinski definition) is 2. The third-order valence-electron chi connectivity index (χ3n) is 8.17. The summed E-state index contributed by atoms with van der Waals surface area (Å²) in [6, 6.07) is 19.8. The number of carboxylic acid groups (broad SMARTS) is 2. The van der Waals surface area contributed by atoms with Crippen LogP contribution < -0.4 is 10.4 Å². The highest BCUT2D eigenvalue weighted by atomic mass is 19.4. The molecule has 41 heavy (non-hydrogen) atoms. The topological polar surface area (TPSA) is 74.6 Å². The van der Waals surface area contributed by atoms with Crippen LogP contribution in [0.4, 0.5) is 13.2 Å². The van der Waals surface area contributed by atoms with Crippen molar-refractivity contribution in [2.45, 2.75) is 37.8 Å². The molecule has 0 radical (unpaired) electrons. The summed E-state index contributed by atoms with van der Waals surface area (Å²) in [6.45, 7) is 0. The summed E-state index contributed by atoms with van der Waals surface area (Å²) in [6.07, 6.45) is 2.49. The average molecular weight is 555 g/mol. The summed E-state index contributed by atoms with van der Waals surface area (Å²) >= 11 is 0. The molecule has 0 aromatic heterocycles. The first kappa shape index (κ1) is 26.6. The van der Waals surface area contributed by atoms with Crippen molar-refractivity contribution in [1.29, 1.82) is 0 Å². The van der Waals surface area contributed by atoms with Crippen LogP contribution in [0.15, 0.2) is 72.8 Å². The molecule has 0 saturated heterocycles. The quantitative estimate of drug-likeness (QED) is 0.326. The van der Waals surface area contributed by atoms with E-state index in [1.807, 2.05) is 18.2 Å². The number of rotatable bonds is 5. The summed E-state index contributed by atoms with van der Waals surface area (Å²) < 4.78 is 38.9. The van der Waals surface area contributed by atoms with Crippen molar-refractivity contribution in [1.82, 2.24) is 0 Å². The van der Waals surface area contributed by atoms with E-state index < -0.39 is 23.7 Å². The van der Waals surface area contributed by atoms with Crippen LogP contribution in [0, 0.1) is 10.4 Å². The molecule has 206 valence electrons. The van der Waals surface area contributed by atoms with Crippen molar-refractivity contribution in [3.8, 4) is 0 Å². The first-order chi connectivity index (χ1) is 19.6. The van der Waals surface area contributed by atoms with Crippen LogP contribution in [0.3, 0.4) is 0 Å². The Balaban J connectivity index is 1.37. The van der Waals surface area contributed by atoms with Gasteiger partial charge in [0.15, 0.2) is 0 Å². The van der Waals surface area contributed by atoms with E-state index in [9.17, 15) is 33.0 Å². The summed E-state index contributed by atoms with van der Waals surface area (Å²) in [5.41, 5.74) is 3.80. The third-order valence-corrected chi connectivity index (χ3v) is 8.17. The summed E-state index contributed by atoms with van der Waals surface area (Å²) in [5.74, 6) is -2.28. The Morgan fingerprint density at radius 2 is 1.49 bits per heavy atom. The molecule has 2 N–H and O–H groups in total. The van der Waals surface area contributed by atoms with Crippen LogP contribution in [-0.4, -0.2) is 22.2 Å². The lowest BCUT2D eigenvalue weighted by molar-refractivity contribution is -0.137. The van der Waals surface area contributed by atoms with E-state index in [0.29, 0.717) is 0 Å². The van der Waals surface area contributed by atoms with Crippen LogP contribution in [-0.2, 0) is 25.4 Å². The van der Waals surface area contributed by atoms with Gasteiger partial charge in [-0.15, -0.1) is 0 Å². The first-order valence-electron chi connectivity index (χ1n) is 13.3. The average Bonchev–Trinajstić information content (AvgIpc) is 2.95. The Morgan fingerprint density at radius 1 is 0.805 bits per heavy atom. The minimum Gasteiger partial charge on any atom is -0.478 e. The molecule has 0 aliphatic heterocycles. The minimum absolute atomic E-state index is 0.0191. The van der Waals surface area contributed by atoms with Gasteiger partial charge in [-0.2, -0.15) is 13.2 Å². The second kappa shape index (κ2) is 10.1. The molecule has 7 heteroatoms. The molecular formula is C34H25F3O4. The molecule has 2 aliphatic rings. The highest BCUT2D eigenvalue weighted by Crippen LogP contribution is 2.33. The number of alkyl halides is 3. The van der Waals surface area contributed by atoms with Crippen LogP contribution in [0.2, 0.25) is 0 Å². The molecule has 1 unspecified atom stereocenters. The predicted octanol–water partition coefficient (Wildman–Crippen LogP) is 5.83. The van der Waals surface area contributed by atoms with Crippen molar-refractivity contribution in [3.63, 3.8) is 0 Å². The predicted molar refractivity (Wildman–Crippen MR) is 148 cm³/mol. The number of hydrogen-bond donors (Lipinski definition) is 2. The van der Waals surface area contributed by atoms with Gasteiger partial charge in [-0.3, -0.25) is 0 Å². The molecule has 0 heterocycles. The van der Waals surface area contributed by atoms with Gasteiger partial charge in [-0.05, 0) is 98.6 Å². The summed E-state index contributed by atoms with van der Waals surface area (Å²) in [5, 5.41) is 23.6. The maximum atomic E-state index is 13.0. The number of fused-ring (bicyclic) bond motifs is 4. The molecule has 0 saturated carbocycles. The van der Waals surface area contributed by atoms with Crippen LogP contribution in [0.5, 0.6) is 0 Å². The van der Waals surface area contributed by atoms with Gasteiger partial charge in [0, 0.05) is 5.92 Å². The van der Waals surface area contributed by atoms with Gasteiger partial charge in [0.25, 0.3) is 0 Å². The maximum absolute atomic E-state index is 13.0. The Bertz CT molecular complexity index is 1910. The maximum Gasteiger partial charge on any atom is 0.416 e.